The molecule has 102 valence electrons. The Kier molecular flexibility index (Phi) is 5.69. The zero-order valence-corrected chi connectivity index (χ0v) is 10.4. The molecule has 3 nitrogen and oxygen atoms in total. The fourth-order valence-electron chi connectivity index (χ4n) is 2.16. The van der Waals surface area contributed by atoms with Crippen LogP contribution < -0.4 is 5.32 Å². The molecule has 1 saturated heterocycles. The highest BCUT2D eigenvalue weighted by molar-refractivity contribution is 4.82. The van der Waals surface area contributed by atoms with E-state index in [2.05, 4.69) is 5.32 Å². The van der Waals surface area contributed by atoms with E-state index in [-0.39, 0.29) is 19.1 Å². The SMILES string of the molecule is CCC(COC)N1CCNCC(C(F)(F)F)C1. The van der Waals surface area contributed by atoms with Gasteiger partial charge in [0, 0.05) is 39.3 Å². The molecule has 6 heteroatoms. The first-order valence-electron chi connectivity index (χ1n) is 5.99. The van der Waals surface area contributed by atoms with Crippen LogP contribution in [0.15, 0.2) is 0 Å². The quantitative estimate of drug-likeness (QED) is 0.822. The molecule has 1 aliphatic heterocycles. The minimum atomic E-state index is -4.12. The molecule has 1 fully saturated rings. The normalized spacial score (nSPS) is 25.6. The molecule has 0 aromatic rings. The highest BCUT2D eigenvalue weighted by atomic mass is 19.4. The van der Waals surface area contributed by atoms with Crippen LogP contribution >= 0.6 is 0 Å². The minimum absolute atomic E-state index is 0.0173. The van der Waals surface area contributed by atoms with E-state index in [4.69, 9.17) is 4.74 Å². The Labute approximate surface area is 100 Å². The lowest BCUT2D eigenvalue weighted by Gasteiger charge is -2.31. The third-order valence-corrected chi connectivity index (χ3v) is 3.23. The summed E-state index contributed by atoms with van der Waals surface area (Å²) in [6, 6.07) is 0.0738. The van der Waals surface area contributed by atoms with Crippen molar-refractivity contribution in [2.24, 2.45) is 5.92 Å². The molecule has 0 aromatic carbocycles. The molecule has 1 heterocycles. The van der Waals surface area contributed by atoms with Gasteiger partial charge in [-0.2, -0.15) is 13.2 Å². The second kappa shape index (κ2) is 6.56. The van der Waals surface area contributed by atoms with Crippen molar-refractivity contribution in [2.45, 2.75) is 25.6 Å². The van der Waals surface area contributed by atoms with Gasteiger partial charge in [-0.15, -0.1) is 0 Å². The first-order valence-corrected chi connectivity index (χ1v) is 5.99. The van der Waals surface area contributed by atoms with Crippen molar-refractivity contribution in [3.63, 3.8) is 0 Å². The highest BCUT2D eigenvalue weighted by Crippen LogP contribution is 2.28. The van der Waals surface area contributed by atoms with E-state index in [9.17, 15) is 13.2 Å². The molecule has 2 unspecified atom stereocenters. The minimum Gasteiger partial charge on any atom is -0.383 e. The standard InChI is InChI=1S/C11H21F3N2O/c1-3-10(8-17-2)16-5-4-15-6-9(7-16)11(12,13)14/h9-10,15H,3-8H2,1-2H3. The van der Waals surface area contributed by atoms with Crippen LogP contribution in [0.3, 0.4) is 0 Å². The van der Waals surface area contributed by atoms with Gasteiger partial charge in [0.2, 0.25) is 0 Å². The number of nitrogens with one attached hydrogen (secondary N) is 1. The second-order valence-corrected chi connectivity index (χ2v) is 4.46. The van der Waals surface area contributed by atoms with Crippen LogP contribution in [-0.2, 0) is 4.74 Å². The van der Waals surface area contributed by atoms with Crippen LogP contribution in [0.1, 0.15) is 13.3 Å². The Morgan fingerprint density at radius 2 is 2.18 bits per heavy atom. The van der Waals surface area contributed by atoms with Gasteiger partial charge in [0.05, 0.1) is 12.5 Å². The second-order valence-electron chi connectivity index (χ2n) is 4.46. The average Bonchev–Trinajstić information content (AvgIpc) is 2.50. The van der Waals surface area contributed by atoms with Crippen LogP contribution in [-0.4, -0.2) is 57.0 Å². The van der Waals surface area contributed by atoms with Crippen molar-refractivity contribution >= 4 is 0 Å². The van der Waals surface area contributed by atoms with Gasteiger partial charge in [-0.05, 0) is 6.42 Å². The third-order valence-electron chi connectivity index (χ3n) is 3.23. The summed E-state index contributed by atoms with van der Waals surface area (Å²) in [7, 11) is 1.58. The molecule has 0 spiro atoms. The summed E-state index contributed by atoms with van der Waals surface area (Å²) in [4.78, 5) is 1.89. The number of ether oxygens (including phenoxy) is 1. The van der Waals surface area contributed by atoms with Gasteiger partial charge in [-0.25, -0.2) is 0 Å². The van der Waals surface area contributed by atoms with Gasteiger partial charge in [0.15, 0.2) is 0 Å². The van der Waals surface area contributed by atoms with E-state index < -0.39 is 12.1 Å². The van der Waals surface area contributed by atoms with Crippen molar-refractivity contribution in [1.82, 2.24) is 10.2 Å². The third kappa shape index (κ3) is 4.44. The van der Waals surface area contributed by atoms with Crippen LogP contribution in [0.25, 0.3) is 0 Å². The fourth-order valence-corrected chi connectivity index (χ4v) is 2.16. The number of methoxy groups -OCH3 is 1. The maximum Gasteiger partial charge on any atom is 0.394 e. The Morgan fingerprint density at radius 1 is 1.47 bits per heavy atom. The molecular formula is C11H21F3N2O. The molecular weight excluding hydrogens is 233 g/mol. The number of hydrogen-bond donors (Lipinski definition) is 1. The summed E-state index contributed by atoms with van der Waals surface area (Å²) in [5.41, 5.74) is 0. The molecule has 0 saturated carbocycles. The maximum absolute atomic E-state index is 12.8. The number of hydrogen-bond acceptors (Lipinski definition) is 3. The first-order chi connectivity index (χ1) is 7.99. The van der Waals surface area contributed by atoms with Gasteiger partial charge in [-0.1, -0.05) is 6.92 Å². The van der Waals surface area contributed by atoms with E-state index in [1.54, 1.807) is 7.11 Å². The van der Waals surface area contributed by atoms with Crippen molar-refractivity contribution in [1.29, 1.82) is 0 Å². The van der Waals surface area contributed by atoms with Gasteiger partial charge in [0.25, 0.3) is 0 Å². The van der Waals surface area contributed by atoms with E-state index in [0.29, 0.717) is 19.7 Å². The largest absolute Gasteiger partial charge is 0.394 e. The highest BCUT2D eigenvalue weighted by Gasteiger charge is 2.41. The Balaban J connectivity index is 2.64. The smallest absolute Gasteiger partial charge is 0.383 e. The molecule has 2 atom stereocenters. The van der Waals surface area contributed by atoms with Crippen LogP contribution in [0.5, 0.6) is 0 Å². The molecule has 0 aromatic heterocycles. The molecule has 1 N–H and O–H groups in total. The zero-order chi connectivity index (χ0) is 12.9. The van der Waals surface area contributed by atoms with E-state index in [0.717, 1.165) is 6.42 Å². The molecule has 17 heavy (non-hydrogen) atoms. The Morgan fingerprint density at radius 3 is 2.71 bits per heavy atom. The van der Waals surface area contributed by atoms with E-state index in [1.165, 1.54) is 0 Å². The summed E-state index contributed by atoms with van der Waals surface area (Å²) in [6.45, 7) is 3.80. The van der Waals surface area contributed by atoms with Crippen LogP contribution in [0, 0.1) is 5.92 Å². The zero-order valence-electron chi connectivity index (χ0n) is 10.4. The summed E-state index contributed by atoms with van der Waals surface area (Å²) >= 11 is 0. The van der Waals surface area contributed by atoms with Crippen molar-refractivity contribution in [3.05, 3.63) is 0 Å². The molecule has 0 radical (unpaired) electrons. The maximum atomic E-state index is 12.8. The van der Waals surface area contributed by atoms with E-state index in [1.807, 2.05) is 11.8 Å². The van der Waals surface area contributed by atoms with Gasteiger partial charge in [0.1, 0.15) is 0 Å². The molecule has 0 bridgehead atoms. The lowest BCUT2D eigenvalue weighted by atomic mass is 10.1. The lowest BCUT2D eigenvalue weighted by molar-refractivity contribution is -0.177. The predicted molar refractivity (Wildman–Crippen MR) is 59.9 cm³/mol. The summed E-state index contributed by atoms with van der Waals surface area (Å²) < 4.78 is 43.3. The molecule has 0 aliphatic carbocycles. The Hall–Kier alpha value is -0.330. The van der Waals surface area contributed by atoms with Gasteiger partial charge in [-0.3, -0.25) is 4.90 Å². The topological polar surface area (TPSA) is 24.5 Å². The predicted octanol–water partition coefficient (Wildman–Crippen LogP) is 1.50. The van der Waals surface area contributed by atoms with Crippen molar-refractivity contribution < 1.29 is 17.9 Å². The fraction of sp³-hybridized carbons (Fsp3) is 1.00. The van der Waals surface area contributed by atoms with Crippen molar-refractivity contribution in [3.8, 4) is 0 Å². The van der Waals surface area contributed by atoms with Crippen LogP contribution in [0.4, 0.5) is 13.2 Å². The van der Waals surface area contributed by atoms with Gasteiger partial charge >= 0.3 is 6.18 Å². The summed E-state index contributed by atoms with van der Waals surface area (Å²) in [6.07, 6.45) is -3.32. The molecule has 1 aliphatic rings. The van der Waals surface area contributed by atoms with Gasteiger partial charge < -0.3 is 10.1 Å². The molecule has 0 amide bonds. The summed E-state index contributed by atoms with van der Waals surface area (Å²) in [5.74, 6) is -1.28. The monoisotopic (exact) mass is 254 g/mol. The number of rotatable bonds is 4. The number of alkyl halides is 3. The van der Waals surface area contributed by atoms with E-state index >= 15 is 0 Å². The first kappa shape index (κ1) is 14.7. The van der Waals surface area contributed by atoms with Crippen LogP contribution in [0.2, 0.25) is 0 Å². The molecule has 1 rings (SSSR count). The number of halogens is 3. The average molecular weight is 254 g/mol. The summed E-state index contributed by atoms with van der Waals surface area (Å²) in [5, 5.41) is 2.85. The lowest BCUT2D eigenvalue weighted by Crippen LogP contribution is -2.44. The Bertz CT molecular complexity index is 223. The van der Waals surface area contributed by atoms with Crippen molar-refractivity contribution in [2.75, 3.05) is 39.9 Å². The number of nitrogens with zero attached hydrogens (tertiary/aromatic N) is 1.